The van der Waals surface area contributed by atoms with Gasteiger partial charge in [0.15, 0.2) is 5.06 Å². The highest BCUT2D eigenvalue weighted by Gasteiger charge is 2.22. The van der Waals surface area contributed by atoms with E-state index in [2.05, 4.69) is 13.8 Å². The van der Waals surface area contributed by atoms with E-state index in [9.17, 15) is 0 Å². The maximum absolute atomic E-state index is 5.48. The number of hydrogen-bond acceptors (Lipinski definition) is 2. The summed E-state index contributed by atoms with van der Waals surface area (Å²) in [5, 5.41) is 1.16. The molecule has 2 rings (SSSR count). The van der Waals surface area contributed by atoms with Gasteiger partial charge in [-0.05, 0) is 37.2 Å². The number of methoxy groups -OCH3 is 1. The lowest BCUT2D eigenvalue weighted by atomic mass is 9.91. The van der Waals surface area contributed by atoms with Gasteiger partial charge >= 0.3 is 0 Å². The van der Waals surface area contributed by atoms with Crippen LogP contribution in [0.15, 0.2) is 0 Å². The molecule has 0 aromatic carbocycles. The summed E-state index contributed by atoms with van der Waals surface area (Å²) in [5.41, 5.74) is 3.08. The van der Waals surface area contributed by atoms with Crippen LogP contribution in [0.2, 0.25) is 0 Å². The zero-order valence-corrected chi connectivity index (χ0v) is 10.0. The third-order valence-electron chi connectivity index (χ3n) is 2.94. The average Bonchev–Trinajstić information content (AvgIpc) is 2.55. The summed E-state index contributed by atoms with van der Waals surface area (Å²) in [6, 6.07) is 0. The van der Waals surface area contributed by atoms with E-state index in [1.807, 2.05) is 11.3 Å². The summed E-state index contributed by atoms with van der Waals surface area (Å²) in [4.78, 5) is 1.58. The van der Waals surface area contributed by atoms with Crippen LogP contribution in [-0.2, 0) is 12.8 Å². The summed E-state index contributed by atoms with van der Waals surface area (Å²) < 4.78 is 5.48. The monoisotopic (exact) mass is 210 g/mol. The number of fused-ring (bicyclic) bond motifs is 1. The molecule has 1 aromatic heterocycles. The number of aryl methyl sites for hydroxylation is 1. The van der Waals surface area contributed by atoms with E-state index < -0.39 is 0 Å². The Morgan fingerprint density at radius 1 is 1.21 bits per heavy atom. The highest BCUT2D eigenvalue weighted by molar-refractivity contribution is 7.14. The highest BCUT2D eigenvalue weighted by atomic mass is 32.1. The second-order valence-electron chi connectivity index (χ2n) is 4.27. The normalized spacial score (nSPS) is 15.7. The molecule has 1 aliphatic carbocycles. The van der Waals surface area contributed by atoms with Crippen molar-refractivity contribution in [1.29, 1.82) is 0 Å². The lowest BCUT2D eigenvalue weighted by molar-refractivity contribution is 0.419. The van der Waals surface area contributed by atoms with Crippen molar-refractivity contribution < 1.29 is 4.74 Å². The second kappa shape index (κ2) is 3.93. The van der Waals surface area contributed by atoms with Gasteiger partial charge < -0.3 is 4.74 Å². The SMILES string of the molecule is COc1sc2c(c1C(C)C)CCCC2. The van der Waals surface area contributed by atoms with Gasteiger partial charge in [0.2, 0.25) is 0 Å². The summed E-state index contributed by atoms with van der Waals surface area (Å²) in [7, 11) is 1.79. The van der Waals surface area contributed by atoms with E-state index in [0.29, 0.717) is 5.92 Å². The molecular formula is C12H18OS. The van der Waals surface area contributed by atoms with Crippen LogP contribution in [-0.4, -0.2) is 7.11 Å². The summed E-state index contributed by atoms with van der Waals surface area (Å²) in [6.07, 6.45) is 5.24. The first-order valence-electron chi connectivity index (χ1n) is 5.42. The van der Waals surface area contributed by atoms with Crippen LogP contribution < -0.4 is 4.74 Å². The molecule has 1 nitrogen and oxygen atoms in total. The molecule has 14 heavy (non-hydrogen) atoms. The fourth-order valence-corrected chi connectivity index (χ4v) is 3.66. The standard InChI is InChI=1S/C12H18OS/c1-8(2)11-9-6-4-5-7-10(9)14-12(11)13-3/h8H,4-7H2,1-3H3. The maximum atomic E-state index is 5.48. The topological polar surface area (TPSA) is 9.23 Å². The first-order chi connectivity index (χ1) is 6.74. The predicted molar refractivity (Wildman–Crippen MR) is 61.6 cm³/mol. The molecule has 0 amide bonds. The molecule has 1 aliphatic rings. The van der Waals surface area contributed by atoms with Gasteiger partial charge in [-0.25, -0.2) is 0 Å². The molecule has 1 heterocycles. The predicted octanol–water partition coefficient (Wildman–Crippen LogP) is 3.76. The van der Waals surface area contributed by atoms with Gasteiger partial charge in [0.05, 0.1) is 7.11 Å². The Labute approximate surface area is 90.1 Å². The third kappa shape index (κ3) is 1.56. The average molecular weight is 210 g/mol. The first kappa shape index (κ1) is 10.0. The molecule has 0 unspecified atom stereocenters. The maximum Gasteiger partial charge on any atom is 0.177 e. The first-order valence-corrected chi connectivity index (χ1v) is 6.24. The molecule has 2 heteroatoms. The molecule has 1 aromatic rings. The molecule has 0 spiro atoms. The number of thiophene rings is 1. The van der Waals surface area contributed by atoms with E-state index in [4.69, 9.17) is 4.74 Å². The zero-order chi connectivity index (χ0) is 10.1. The van der Waals surface area contributed by atoms with E-state index in [-0.39, 0.29) is 0 Å². The fraction of sp³-hybridized carbons (Fsp3) is 0.667. The van der Waals surface area contributed by atoms with Crippen molar-refractivity contribution in [1.82, 2.24) is 0 Å². The van der Waals surface area contributed by atoms with Gasteiger partial charge in [-0.15, -0.1) is 11.3 Å². The Morgan fingerprint density at radius 2 is 1.93 bits per heavy atom. The van der Waals surface area contributed by atoms with Crippen LogP contribution >= 0.6 is 11.3 Å². The zero-order valence-electron chi connectivity index (χ0n) is 9.22. The molecule has 0 atom stereocenters. The van der Waals surface area contributed by atoms with Crippen LogP contribution in [0.3, 0.4) is 0 Å². The van der Waals surface area contributed by atoms with Gasteiger partial charge in [-0.1, -0.05) is 13.8 Å². The van der Waals surface area contributed by atoms with Crippen LogP contribution in [0.1, 0.15) is 48.6 Å². The van der Waals surface area contributed by atoms with Crippen molar-refractivity contribution >= 4 is 11.3 Å². The van der Waals surface area contributed by atoms with Crippen LogP contribution in [0.5, 0.6) is 5.06 Å². The molecule has 0 fully saturated rings. The Bertz CT molecular complexity index is 325. The van der Waals surface area contributed by atoms with Gasteiger partial charge in [0.25, 0.3) is 0 Å². The largest absolute Gasteiger partial charge is 0.487 e. The lowest BCUT2D eigenvalue weighted by Gasteiger charge is -2.14. The Kier molecular flexibility index (Phi) is 2.82. The molecule has 0 bridgehead atoms. The fourth-order valence-electron chi connectivity index (χ4n) is 2.30. The molecule has 0 saturated heterocycles. The minimum Gasteiger partial charge on any atom is -0.487 e. The minimum atomic E-state index is 0.600. The smallest absolute Gasteiger partial charge is 0.177 e. The number of hydrogen-bond donors (Lipinski definition) is 0. The van der Waals surface area contributed by atoms with Gasteiger partial charge in [-0.2, -0.15) is 0 Å². The van der Waals surface area contributed by atoms with Gasteiger partial charge in [-0.3, -0.25) is 0 Å². The number of rotatable bonds is 2. The summed E-state index contributed by atoms with van der Waals surface area (Å²) >= 11 is 1.87. The second-order valence-corrected chi connectivity index (χ2v) is 5.34. The molecule has 0 aliphatic heterocycles. The van der Waals surface area contributed by atoms with Crippen LogP contribution in [0, 0.1) is 0 Å². The van der Waals surface area contributed by atoms with Crippen molar-refractivity contribution in [2.45, 2.75) is 45.4 Å². The Morgan fingerprint density at radius 3 is 2.57 bits per heavy atom. The van der Waals surface area contributed by atoms with Crippen molar-refractivity contribution in [3.05, 3.63) is 16.0 Å². The van der Waals surface area contributed by atoms with Crippen molar-refractivity contribution in [2.75, 3.05) is 7.11 Å². The van der Waals surface area contributed by atoms with Gasteiger partial charge in [0.1, 0.15) is 0 Å². The Balaban J connectivity index is 2.48. The number of ether oxygens (including phenoxy) is 1. The molecule has 0 radical (unpaired) electrons. The third-order valence-corrected chi connectivity index (χ3v) is 4.21. The molecular weight excluding hydrogens is 192 g/mol. The quantitative estimate of drug-likeness (QED) is 0.722. The molecule has 78 valence electrons. The molecule has 0 N–H and O–H groups in total. The van der Waals surface area contributed by atoms with Crippen molar-refractivity contribution in [2.24, 2.45) is 0 Å². The minimum absolute atomic E-state index is 0.600. The molecule has 0 saturated carbocycles. The highest BCUT2D eigenvalue weighted by Crippen LogP contribution is 2.42. The van der Waals surface area contributed by atoms with Crippen LogP contribution in [0.25, 0.3) is 0 Å². The summed E-state index contributed by atoms with van der Waals surface area (Å²) in [6.45, 7) is 4.53. The van der Waals surface area contributed by atoms with Crippen molar-refractivity contribution in [3.8, 4) is 5.06 Å². The van der Waals surface area contributed by atoms with E-state index in [1.165, 1.54) is 31.2 Å². The van der Waals surface area contributed by atoms with Crippen molar-refractivity contribution in [3.63, 3.8) is 0 Å². The lowest BCUT2D eigenvalue weighted by Crippen LogP contribution is -2.02. The van der Waals surface area contributed by atoms with E-state index in [0.717, 1.165) is 5.06 Å². The van der Waals surface area contributed by atoms with E-state index in [1.54, 1.807) is 17.6 Å². The van der Waals surface area contributed by atoms with E-state index >= 15 is 0 Å². The Hall–Kier alpha value is -0.500. The van der Waals surface area contributed by atoms with Crippen LogP contribution in [0.4, 0.5) is 0 Å². The summed E-state index contributed by atoms with van der Waals surface area (Å²) in [5.74, 6) is 0.600. The van der Waals surface area contributed by atoms with Gasteiger partial charge in [0, 0.05) is 10.4 Å².